The third kappa shape index (κ3) is 4.07. The molecular weight excluding hydrogens is 252 g/mol. The summed E-state index contributed by atoms with van der Waals surface area (Å²) in [4.78, 5) is 23.6. The molecule has 2 atom stereocenters. The van der Waals surface area contributed by atoms with E-state index in [0.29, 0.717) is 12.2 Å². The molecule has 0 spiro atoms. The molecule has 2 unspecified atom stereocenters. The summed E-state index contributed by atoms with van der Waals surface area (Å²) < 4.78 is 5.12. The van der Waals surface area contributed by atoms with Crippen molar-refractivity contribution in [1.29, 1.82) is 0 Å². The zero-order chi connectivity index (χ0) is 14.7. The molecule has 2 saturated carbocycles. The lowest BCUT2D eigenvalue weighted by Crippen LogP contribution is -2.34. The Morgan fingerprint density at radius 2 is 1.65 bits per heavy atom. The number of esters is 1. The molecule has 0 radical (unpaired) electrons. The lowest BCUT2D eigenvalue weighted by atomic mass is 9.64. The first kappa shape index (κ1) is 15.5. The minimum absolute atomic E-state index is 0.111. The van der Waals surface area contributed by atoms with Crippen LogP contribution in [0.5, 0.6) is 0 Å². The highest BCUT2D eigenvalue weighted by atomic mass is 16.5. The summed E-state index contributed by atoms with van der Waals surface area (Å²) in [6.07, 6.45) is 6.45. The molecule has 0 aromatic rings. The minimum Gasteiger partial charge on any atom is -0.465 e. The van der Waals surface area contributed by atoms with Crippen LogP contribution in [0.25, 0.3) is 0 Å². The van der Waals surface area contributed by atoms with E-state index >= 15 is 0 Å². The first-order valence-electron chi connectivity index (χ1n) is 8.15. The van der Waals surface area contributed by atoms with Gasteiger partial charge in [0.15, 0.2) is 0 Å². The van der Waals surface area contributed by atoms with Gasteiger partial charge in [-0.3, -0.25) is 9.59 Å². The van der Waals surface area contributed by atoms with Crippen LogP contribution in [-0.2, 0) is 14.3 Å². The summed E-state index contributed by atoms with van der Waals surface area (Å²) in [7, 11) is 0. The number of rotatable bonds is 5. The monoisotopic (exact) mass is 280 g/mol. The van der Waals surface area contributed by atoms with E-state index in [1.54, 1.807) is 0 Å². The van der Waals surface area contributed by atoms with E-state index in [-0.39, 0.29) is 24.4 Å². The molecule has 0 N–H and O–H groups in total. The van der Waals surface area contributed by atoms with Gasteiger partial charge in [0.05, 0.1) is 12.5 Å². The molecule has 0 aromatic heterocycles. The van der Waals surface area contributed by atoms with E-state index in [1.807, 2.05) is 13.8 Å². The van der Waals surface area contributed by atoms with E-state index < -0.39 is 0 Å². The second-order valence-corrected chi connectivity index (χ2v) is 7.25. The molecule has 0 aliphatic heterocycles. The van der Waals surface area contributed by atoms with E-state index in [9.17, 15) is 9.59 Å². The highest BCUT2D eigenvalue weighted by molar-refractivity contribution is 5.81. The molecule has 114 valence electrons. The quantitative estimate of drug-likeness (QED) is 0.723. The number of ketones is 1. The molecule has 3 heteroatoms. The maximum atomic E-state index is 12.3. The van der Waals surface area contributed by atoms with Gasteiger partial charge in [0.25, 0.3) is 0 Å². The Morgan fingerprint density at radius 3 is 2.20 bits per heavy atom. The normalized spacial score (nSPS) is 33.0. The van der Waals surface area contributed by atoms with E-state index in [4.69, 9.17) is 4.74 Å². The first-order chi connectivity index (χ1) is 9.45. The number of Topliss-reactive ketones (excluding diaryl/α,β-unsaturated/α-hetero) is 1. The van der Waals surface area contributed by atoms with Crippen LogP contribution in [-0.4, -0.2) is 18.4 Å². The molecule has 2 bridgehead atoms. The fraction of sp³-hybridized carbons (Fsp3) is 0.882. The number of hydrogen-bond donors (Lipinski definition) is 0. The summed E-state index contributed by atoms with van der Waals surface area (Å²) in [5, 5.41) is 0. The Bertz CT molecular complexity index is 343. The summed E-state index contributed by atoms with van der Waals surface area (Å²) in [5.41, 5.74) is 0. The molecular formula is C17H28O3. The standard InChI is InChI=1S/C17H28O3/c1-11(2)17(19)20-5-4-16(18)15-9-13-6-12(3)7-14(8-13)10-15/h11-15H,4-10H2,1-3H3. The number of fused-ring (bicyclic) bond motifs is 2. The van der Waals surface area contributed by atoms with Crippen molar-refractivity contribution in [2.45, 2.75) is 59.3 Å². The minimum atomic E-state index is -0.202. The SMILES string of the molecule is CC1CC2CC(C1)CC(C(=O)CCOC(=O)C(C)C)C2. The Morgan fingerprint density at radius 1 is 1.05 bits per heavy atom. The van der Waals surface area contributed by atoms with Gasteiger partial charge in [-0.25, -0.2) is 0 Å². The van der Waals surface area contributed by atoms with Gasteiger partial charge in [-0.05, 0) is 49.9 Å². The summed E-state index contributed by atoms with van der Waals surface area (Å²) in [6.45, 7) is 6.23. The highest BCUT2D eigenvalue weighted by Crippen LogP contribution is 2.45. The molecule has 2 aliphatic carbocycles. The van der Waals surface area contributed by atoms with Gasteiger partial charge in [-0.1, -0.05) is 20.8 Å². The summed E-state index contributed by atoms with van der Waals surface area (Å²) in [6, 6.07) is 0. The van der Waals surface area contributed by atoms with Crippen LogP contribution in [0.4, 0.5) is 0 Å². The zero-order valence-electron chi connectivity index (χ0n) is 13.1. The van der Waals surface area contributed by atoms with Crippen molar-refractivity contribution >= 4 is 11.8 Å². The maximum Gasteiger partial charge on any atom is 0.308 e. The second kappa shape index (κ2) is 6.73. The third-order valence-corrected chi connectivity index (χ3v) is 4.89. The number of carbonyl (C=O) groups excluding carboxylic acids is 2. The first-order valence-corrected chi connectivity index (χ1v) is 8.15. The average molecular weight is 280 g/mol. The Kier molecular flexibility index (Phi) is 5.22. The van der Waals surface area contributed by atoms with Crippen LogP contribution in [0.2, 0.25) is 0 Å². The summed E-state index contributed by atoms with van der Waals surface area (Å²) >= 11 is 0. The van der Waals surface area contributed by atoms with Gasteiger partial charge in [0.2, 0.25) is 0 Å². The Hall–Kier alpha value is -0.860. The average Bonchev–Trinajstić information content (AvgIpc) is 2.36. The van der Waals surface area contributed by atoms with Crippen LogP contribution in [0.1, 0.15) is 59.3 Å². The molecule has 0 saturated heterocycles. The zero-order valence-corrected chi connectivity index (χ0v) is 13.1. The van der Waals surface area contributed by atoms with E-state index in [0.717, 1.165) is 30.6 Å². The van der Waals surface area contributed by atoms with Crippen molar-refractivity contribution in [3.8, 4) is 0 Å². The third-order valence-electron chi connectivity index (χ3n) is 4.89. The molecule has 2 aliphatic rings. The number of hydrogen-bond acceptors (Lipinski definition) is 3. The van der Waals surface area contributed by atoms with Crippen LogP contribution in [0.15, 0.2) is 0 Å². The van der Waals surface area contributed by atoms with Gasteiger partial charge < -0.3 is 4.74 Å². The summed E-state index contributed by atoms with van der Waals surface area (Å²) in [5.74, 6) is 2.57. The number of carbonyl (C=O) groups is 2. The van der Waals surface area contributed by atoms with Crippen LogP contribution in [0, 0.1) is 29.6 Å². The molecule has 2 rings (SSSR count). The van der Waals surface area contributed by atoms with Gasteiger partial charge in [-0.15, -0.1) is 0 Å². The van der Waals surface area contributed by atoms with Crippen molar-refractivity contribution in [1.82, 2.24) is 0 Å². The van der Waals surface area contributed by atoms with Gasteiger partial charge in [0.1, 0.15) is 5.78 Å². The van der Waals surface area contributed by atoms with Crippen molar-refractivity contribution in [2.75, 3.05) is 6.61 Å². The van der Waals surface area contributed by atoms with Crippen molar-refractivity contribution in [3.63, 3.8) is 0 Å². The van der Waals surface area contributed by atoms with Crippen LogP contribution >= 0.6 is 0 Å². The van der Waals surface area contributed by atoms with Gasteiger partial charge in [-0.2, -0.15) is 0 Å². The van der Waals surface area contributed by atoms with Gasteiger partial charge in [0, 0.05) is 12.3 Å². The smallest absolute Gasteiger partial charge is 0.308 e. The Labute approximate surface area is 122 Å². The molecule has 20 heavy (non-hydrogen) atoms. The van der Waals surface area contributed by atoms with Crippen LogP contribution in [0.3, 0.4) is 0 Å². The lowest BCUT2D eigenvalue weighted by molar-refractivity contribution is -0.148. The van der Waals surface area contributed by atoms with Crippen molar-refractivity contribution < 1.29 is 14.3 Å². The maximum absolute atomic E-state index is 12.3. The predicted octanol–water partition coefficient (Wildman–Crippen LogP) is 3.61. The van der Waals surface area contributed by atoms with Crippen LogP contribution < -0.4 is 0 Å². The fourth-order valence-corrected chi connectivity index (χ4v) is 4.07. The topological polar surface area (TPSA) is 43.4 Å². The molecule has 2 fully saturated rings. The molecule has 0 amide bonds. The lowest BCUT2D eigenvalue weighted by Gasteiger charge is -2.41. The molecule has 3 nitrogen and oxygen atoms in total. The second-order valence-electron chi connectivity index (χ2n) is 7.25. The molecule has 0 aromatic carbocycles. The Balaban J connectivity index is 1.75. The molecule has 0 heterocycles. The fourth-order valence-electron chi connectivity index (χ4n) is 4.07. The van der Waals surface area contributed by atoms with E-state index in [1.165, 1.54) is 19.3 Å². The van der Waals surface area contributed by atoms with E-state index in [2.05, 4.69) is 6.92 Å². The predicted molar refractivity (Wildman–Crippen MR) is 78.1 cm³/mol. The highest BCUT2D eigenvalue weighted by Gasteiger charge is 2.36. The van der Waals surface area contributed by atoms with Gasteiger partial charge >= 0.3 is 5.97 Å². The number of ether oxygens (including phenoxy) is 1. The van der Waals surface area contributed by atoms with Crippen molar-refractivity contribution in [2.24, 2.45) is 29.6 Å². The van der Waals surface area contributed by atoms with Crippen molar-refractivity contribution in [3.05, 3.63) is 0 Å². The largest absolute Gasteiger partial charge is 0.465 e.